The molecule has 0 unspecified atom stereocenters. The molecule has 0 aliphatic carbocycles. The van der Waals surface area contributed by atoms with Crippen molar-refractivity contribution >= 4 is 33.7 Å². The minimum absolute atomic E-state index is 0.0431. The van der Waals surface area contributed by atoms with E-state index in [0.29, 0.717) is 50.8 Å². The first-order chi connectivity index (χ1) is 39.3. The predicted octanol–water partition coefficient (Wildman–Crippen LogP) is 12.5. The third kappa shape index (κ3) is 19.2. The van der Waals surface area contributed by atoms with Crippen molar-refractivity contribution in [2.75, 3.05) is 41.8 Å². The van der Waals surface area contributed by atoms with Crippen molar-refractivity contribution in [3.63, 3.8) is 0 Å². The standard InChI is InChI=1S/C16H13F3O3.C16H16O5S.C16H16O4.C15H13FO3/c1-22-13-6-7-14(11(8-13)9-15(20)21)10-2-4-12(5-3-10)16(17,18)19;1-21-13-5-8-15(12(9-13)10-16(17)18)11-3-6-14(7-4-11)22(2,19)20;1-19-13-5-3-11(4-6-13)15-8-7-14(20-2)9-12(15)10-16(17)18;1-19-13-6-7-14(11(8-13)9-15(17)18)10-2-4-12(16)5-3-10/h2-8H,9H2,1H3,(H,20,21);3-9H,10H2,1-2H3,(H,17,18);3-9H,10H2,1-2H3,(H,17,18);2-8H,9H2,1H3,(H,17,18). The summed E-state index contributed by atoms with van der Waals surface area (Å²) in [6.07, 6.45) is -3.79. The smallest absolute Gasteiger partial charge is 0.416 e. The number of carboxylic acid groups (broad SMARTS) is 4. The van der Waals surface area contributed by atoms with Crippen molar-refractivity contribution in [1.82, 2.24) is 0 Å². The largest absolute Gasteiger partial charge is 0.497 e. The molecule has 0 saturated carbocycles. The van der Waals surface area contributed by atoms with Crippen molar-refractivity contribution in [1.29, 1.82) is 0 Å². The second-order valence-electron chi connectivity index (χ2n) is 18.0. The second-order valence-corrected chi connectivity index (χ2v) is 20.0. The molecule has 0 aliphatic rings. The van der Waals surface area contributed by atoms with Gasteiger partial charge in [0.25, 0.3) is 0 Å². The zero-order chi connectivity index (χ0) is 61.0. The fraction of sp³-hybridized carbons (Fsp3) is 0.175. The molecule has 0 atom stereocenters. The molecule has 0 spiro atoms. The topological polar surface area (TPSA) is 229 Å². The quantitative estimate of drug-likeness (QED) is 0.0586. The average Bonchev–Trinajstić information content (AvgIpc) is 3.60. The highest BCUT2D eigenvalue weighted by Gasteiger charge is 2.30. The van der Waals surface area contributed by atoms with Gasteiger partial charge in [0.2, 0.25) is 0 Å². The van der Waals surface area contributed by atoms with Crippen LogP contribution in [-0.2, 0) is 60.9 Å². The van der Waals surface area contributed by atoms with E-state index in [9.17, 15) is 45.2 Å². The number of methoxy groups -OCH3 is 5. The van der Waals surface area contributed by atoms with Gasteiger partial charge < -0.3 is 44.1 Å². The van der Waals surface area contributed by atoms with E-state index in [4.69, 9.17) is 44.1 Å². The van der Waals surface area contributed by atoms with Crippen molar-refractivity contribution in [3.05, 3.63) is 203 Å². The van der Waals surface area contributed by atoms with Gasteiger partial charge in [0, 0.05) is 6.26 Å². The SMILES string of the molecule is COc1ccc(-c2ccc(C(F)(F)F)cc2)c(CC(=O)O)c1.COc1ccc(-c2ccc(F)cc2)c(CC(=O)O)c1.COc1ccc(-c2ccc(OC)cc2CC(=O)O)cc1.COc1ccc(-c2ccc(S(C)(=O)=O)cc2)c(CC(=O)O)c1. The fourth-order valence-corrected chi connectivity index (χ4v) is 8.90. The summed E-state index contributed by atoms with van der Waals surface area (Å²) in [6, 6.07) is 45.2. The van der Waals surface area contributed by atoms with Crippen LogP contribution in [0.3, 0.4) is 0 Å². The van der Waals surface area contributed by atoms with E-state index >= 15 is 0 Å². The van der Waals surface area contributed by atoms with Crippen LogP contribution in [0.25, 0.3) is 44.5 Å². The molecule has 83 heavy (non-hydrogen) atoms. The molecule has 0 saturated heterocycles. The summed E-state index contributed by atoms with van der Waals surface area (Å²) in [5.74, 6) is -0.993. The first kappa shape index (κ1) is 64.1. The lowest BCUT2D eigenvalue weighted by molar-refractivity contribution is -0.138. The minimum Gasteiger partial charge on any atom is -0.497 e. The van der Waals surface area contributed by atoms with Crippen LogP contribution in [0.4, 0.5) is 17.6 Å². The van der Waals surface area contributed by atoms with Crippen molar-refractivity contribution < 1.29 is 89.3 Å². The lowest BCUT2D eigenvalue weighted by Gasteiger charge is -2.12. The number of aliphatic carboxylic acids is 4. The summed E-state index contributed by atoms with van der Waals surface area (Å²) in [4.78, 5) is 44.1. The first-order valence-electron chi connectivity index (χ1n) is 24.8. The van der Waals surface area contributed by atoms with E-state index in [1.807, 2.05) is 36.4 Å². The summed E-state index contributed by atoms with van der Waals surface area (Å²) in [6.45, 7) is 0. The highest BCUT2D eigenvalue weighted by molar-refractivity contribution is 7.90. The Balaban J connectivity index is 0.000000203. The molecule has 0 radical (unpaired) electrons. The summed E-state index contributed by atoms with van der Waals surface area (Å²) in [5, 5.41) is 36.0. The Morgan fingerprint density at radius 2 is 0.627 bits per heavy atom. The summed E-state index contributed by atoms with van der Waals surface area (Å²) in [5.41, 5.74) is 7.66. The molecule has 8 rings (SSSR count). The molecule has 0 fully saturated rings. The van der Waals surface area contributed by atoms with Gasteiger partial charge in [0.05, 0.1) is 71.7 Å². The highest BCUT2D eigenvalue weighted by Crippen LogP contribution is 2.35. The third-order valence-electron chi connectivity index (χ3n) is 12.3. The zero-order valence-corrected chi connectivity index (χ0v) is 46.5. The van der Waals surface area contributed by atoms with E-state index in [-0.39, 0.29) is 36.4 Å². The highest BCUT2D eigenvalue weighted by atomic mass is 32.2. The second kappa shape index (κ2) is 29.7. The molecule has 4 N–H and O–H groups in total. The van der Waals surface area contributed by atoms with Gasteiger partial charge in [0.15, 0.2) is 9.84 Å². The van der Waals surface area contributed by atoms with E-state index in [0.717, 1.165) is 63.1 Å². The van der Waals surface area contributed by atoms with Gasteiger partial charge in [-0.05, 0) is 164 Å². The Bertz CT molecular complexity index is 3620. The summed E-state index contributed by atoms with van der Waals surface area (Å²) >= 11 is 0. The fourth-order valence-electron chi connectivity index (χ4n) is 8.27. The van der Waals surface area contributed by atoms with E-state index in [1.54, 1.807) is 99.1 Å². The molecule has 15 nitrogen and oxygen atoms in total. The van der Waals surface area contributed by atoms with Gasteiger partial charge in [-0.25, -0.2) is 12.8 Å². The summed E-state index contributed by atoms with van der Waals surface area (Å²) in [7, 11) is 4.41. The predicted molar refractivity (Wildman–Crippen MR) is 304 cm³/mol. The van der Waals surface area contributed by atoms with E-state index < -0.39 is 45.5 Å². The van der Waals surface area contributed by atoms with Gasteiger partial charge in [-0.15, -0.1) is 0 Å². The first-order valence-corrected chi connectivity index (χ1v) is 26.7. The number of hydrogen-bond acceptors (Lipinski definition) is 11. The maximum atomic E-state index is 12.9. The molecule has 20 heteroatoms. The number of alkyl halides is 3. The Morgan fingerprint density at radius 3 is 0.867 bits per heavy atom. The van der Waals surface area contributed by atoms with Gasteiger partial charge in [-0.2, -0.15) is 13.2 Å². The molecule has 0 amide bonds. The van der Waals surface area contributed by atoms with E-state index in [2.05, 4.69) is 0 Å². The summed E-state index contributed by atoms with van der Waals surface area (Å²) < 4.78 is 99.2. The normalized spacial score (nSPS) is 10.7. The van der Waals surface area contributed by atoms with Crippen molar-refractivity contribution in [2.24, 2.45) is 0 Å². The number of ether oxygens (including phenoxy) is 5. The molecule has 8 aromatic rings. The Kier molecular flexibility index (Phi) is 22.9. The van der Waals surface area contributed by atoms with Crippen LogP contribution in [0, 0.1) is 5.82 Å². The van der Waals surface area contributed by atoms with Gasteiger partial charge in [0.1, 0.15) is 34.6 Å². The molecule has 0 aromatic heterocycles. The van der Waals surface area contributed by atoms with Crippen molar-refractivity contribution in [2.45, 2.75) is 36.8 Å². The molecular weight excluding hydrogens is 1100 g/mol. The number of benzene rings is 8. The average molecular weight is 1160 g/mol. The lowest BCUT2D eigenvalue weighted by Crippen LogP contribution is -2.05. The maximum absolute atomic E-state index is 12.9. The van der Waals surface area contributed by atoms with Crippen LogP contribution in [0.15, 0.2) is 175 Å². The van der Waals surface area contributed by atoms with Crippen LogP contribution in [0.1, 0.15) is 27.8 Å². The molecule has 0 heterocycles. The lowest BCUT2D eigenvalue weighted by atomic mass is 9.96. The molecule has 434 valence electrons. The number of sulfone groups is 1. The van der Waals surface area contributed by atoms with Crippen LogP contribution in [0.5, 0.6) is 28.7 Å². The van der Waals surface area contributed by atoms with Gasteiger partial charge >= 0.3 is 30.1 Å². The van der Waals surface area contributed by atoms with Crippen molar-refractivity contribution in [3.8, 4) is 73.3 Å². The van der Waals surface area contributed by atoms with E-state index in [1.165, 1.54) is 57.7 Å². The zero-order valence-electron chi connectivity index (χ0n) is 45.7. The molecule has 0 aliphatic heterocycles. The Hall–Kier alpha value is -9.69. The van der Waals surface area contributed by atoms with Crippen LogP contribution in [-0.4, -0.2) is 94.5 Å². The maximum Gasteiger partial charge on any atom is 0.416 e. The Morgan fingerprint density at radius 1 is 0.386 bits per heavy atom. The third-order valence-corrected chi connectivity index (χ3v) is 13.4. The van der Waals surface area contributed by atoms with Gasteiger partial charge in [-0.3, -0.25) is 19.2 Å². The number of hydrogen-bond donors (Lipinski definition) is 4. The monoisotopic (exact) mass is 1160 g/mol. The minimum atomic E-state index is -4.40. The van der Waals surface area contributed by atoms with Gasteiger partial charge in [-0.1, -0.05) is 72.8 Å². The Labute approximate surface area is 476 Å². The number of rotatable bonds is 18. The molecule has 0 bridgehead atoms. The molecule has 8 aromatic carbocycles. The number of halogens is 4. The van der Waals surface area contributed by atoms with Crippen LogP contribution in [0.2, 0.25) is 0 Å². The van der Waals surface area contributed by atoms with Crippen LogP contribution < -0.4 is 23.7 Å². The number of carboxylic acids is 4. The molecular formula is C63H58F4O15S. The van der Waals surface area contributed by atoms with Crippen LogP contribution >= 0.6 is 0 Å². The number of carbonyl (C=O) groups is 4.